The molecule has 16 heavy (non-hydrogen) atoms. The van der Waals surface area contributed by atoms with Crippen molar-refractivity contribution in [3.63, 3.8) is 0 Å². The lowest BCUT2D eigenvalue weighted by atomic mass is 10.3. The Bertz CT molecular complexity index is 513. The standard InChI is InChI=1S/C11H12N4O/c12-11-13-10(7-1-2-7)15(14-11)8-3-5-9(16)6-4-8/h3-7,16H,1-2H2,(H2,12,14). The summed E-state index contributed by atoms with van der Waals surface area (Å²) in [7, 11) is 0. The van der Waals surface area contributed by atoms with E-state index in [0.29, 0.717) is 11.9 Å². The van der Waals surface area contributed by atoms with Crippen molar-refractivity contribution < 1.29 is 5.11 Å². The molecular weight excluding hydrogens is 204 g/mol. The van der Waals surface area contributed by atoms with Gasteiger partial charge in [0.25, 0.3) is 0 Å². The van der Waals surface area contributed by atoms with Crippen molar-refractivity contribution in [1.29, 1.82) is 0 Å². The molecule has 0 atom stereocenters. The summed E-state index contributed by atoms with van der Waals surface area (Å²) in [5, 5.41) is 13.4. The van der Waals surface area contributed by atoms with Crippen molar-refractivity contribution in [2.24, 2.45) is 0 Å². The number of aromatic hydroxyl groups is 1. The van der Waals surface area contributed by atoms with E-state index in [4.69, 9.17) is 5.73 Å². The molecule has 1 aromatic carbocycles. The summed E-state index contributed by atoms with van der Waals surface area (Å²) in [5.74, 6) is 1.95. The third kappa shape index (κ3) is 1.50. The fraction of sp³-hybridized carbons (Fsp3) is 0.273. The van der Waals surface area contributed by atoms with Gasteiger partial charge in [0.1, 0.15) is 11.6 Å². The van der Waals surface area contributed by atoms with E-state index in [1.165, 1.54) is 0 Å². The molecule has 5 heteroatoms. The molecule has 1 aromatic heterocycles. The number of nitrogens with zero attached hydrogens (tertiary/aromatic N) is 3. The second-order valence-electron chi connectivity index (χ2n) is 4.03. The topological polar surface area (TPSA) is 77.0 Å². The summed E-state index contributed by atoms with van der Waals surface area (Å²) in [5.41, 5.74) is 6.50. The molecule has 0 saturated heterocycles. The van der Waals surface area contributed by atoms with Gasteiger partial charge < -0.3 is 10.8 Å². The van der Waals surface area contributed by atoms with Crippen LogP contribution >= 0.6 is 0 Å². The van der Waals surface area contributed by atoms with Gasteiger partial charge in [-0.2, -0.15) is 4.98 Å². The van der Waals surface area contributed by atoms with Crippen LogP contribution in [0.4, 0.5) is 5.95 Å². The van der Waals surface area contributed by atoms with Gasteiger partial charge in [-0.15, -0.1) is 5.10 Å². The van der Waals surface area contributed by atoms with Crippen LogP contribution < -0.4 is 5.73 Å². The molecule has 1 heterocycles. The smallest absolute Gasteiger partial charge is 0.240 e. The Labute approximate surface area is 92.5 Å². The fourth-order valence-electron chi connectivity index (χ4n) is 1.73. The number of aromatic nitrogens is 3. The molecule has 82 valence electrons. The van der Waals surface area contributed by atoms with Gasteiger partial charge in [-0.25, -0.2) is 4.68 Å². The minimum absolute atomic E-state index is 0.241. The Kier molecular flexibility index (Phi) is 1.86. The average Bonchev–Trinajstić information content (AvgIpc) is 3.04. The lowest BCUT2D eigenvalue weighted by molar-refractivity contribution is 0.475. The number of phenols is 1. The van der Waals surface area contributed by atoms with Gasteiger partial charge >= 0.3 is 0 Å². The molecule has 0 bridgehead atoms. The van der Waals surface area contributed by atoms with Gasteiger partial charge in [0, 0.05) is 5.92 Å². The molecule has 0 unspecified atom stereocenters. The Morgan fingerprint density at radius 3 is 2.56 bits per heavy atom. The maximum Gasteiger partial charge on any atom is 0.240 e. The summed E-state index contributed by atoms with van der Waals surface area (Å²) in [6.07, 6.45) is 2.30. The van der Waals surface area contributed by atoms with Crippen LogP contribution in [-0.4, -0.2) is 19.9 Å². The van der Waals surface area contributed by atoms with Gasteiger partial charge in [-0.1, -0.05) is 0 Å². The van der Waals surface area contributed by atoms with E-state index in [1.54, 1.807) is 28.9 Å². The van der Waals surface area contributed by atoms with E-state index in [2.05, 4.69) is 10.1 Å². The van der Waals surface area contributed by atoms with Crippen molar-refractivity contribution >= 4 is 5.95 Å². The highest BCUT2D eigenvalue weighted by atomic mass is 16.3. The van der Waals surface area contributed by atoms with Crippen LogP contribution in [0.25, 0.3) is 5.69 Å². The van der Waals surface area contributed by atoms with E-state index in [1.807, 2.05) is 0 Å². The van der Waals surface area contributed by atoms with Crippen LogP contribution in [0.2, 0.25) is 0 Å². The minimum Gasteiger partial charge on any atom is -0.508 e. The SMILES string of the molecule is Nc1nc(C2CC2)n(-c2ccc(O)cc2)n1. The highest BCUT2D eigenvalue weighted by Crippen LogP contribution is 2.39. The first kappa shape index (κ1) is 9.21. The molecule has 1 aliphatic rings. The minimum atomic E-state index is 0.241. The average molecular weight is 216 g/mol. The third-order valence-electron chi connectivity index (χ3n) is 2.69. The summed E-state index contributed by atoms with van der Waals surface area (Å²) in [4.78, 5) is 4.24. The predicted molar refractivity (Wildman–Crippen MR) is 59.4 cm³/mol. The second-order valence-corrected chi connectivity index (χ2v) is 4.03. The first-order chi connectivity index (χ1) is 7.74. The molecule has 2 aromatic rings. The molecular formula is C11H12N4O. The number of benzene rings is 1. The lowest BCUT2D eigenvalue weighted by Gasteiger charge is -2.04. The summed E-state index contributed by atoms with van der Waals surface area (Å²) in [6.45, 7) is 0. The van der Waals surface area contributed by atoms with Crippen molar-refractivity contribution in [3.8, 4) is 11.4 Å². The van der Waals surface area contributed by atoms with E-state index in [9.17, 15) is 5.11 Å². The molecule has 3 N–H and O–H groups in total. The number of nitrogens with two attached hydrogens (primary N) is 1. The largest absolute Gasteiger partial charge is 0.508 e. The Balaban J connectivity index is 2.07. The summed E-state index contributed by atoms with van der Waals surface area (Å²) < 4.78 is 1.76. The molecule has 1 saturated carbocycles. The Hall–Kier alpha value is -2.04. The van der Waals surface area contributed by atoms with Gasteiger partial charge in [0.2, 0.25) is 5.95 Å². The van der Waals surface area contributed by atoms with Crippen LogP contribution in [-0.2, 0) is 0 Å². The zero-order chi connectivity index (χ0) is 11.1. The fourth-order valence-corrected chi connectivity index (χ4v) is 1.73. The summed E-state index contributed by atoms with van der Waals surface area (Å²) >= 11 is 0. The molecule has 5 nitrogen and oxygen atoms in total. The molecule has 0 spiro atoms. The number of hydrogen-bond donors (Lipinski definition) is 2. The van der Waals surface area contributed by atoms with Crippen molar-refractivity contribution in [3.05, 3.63) is 30.1 Å². The molecule has 1 fully saturated rings. The Morgan fingerprint density at radius 2 is 1.94 bits per heavy atom. The van der Waals surface area contributed by atoms with E-state index in [-0.39, 0.29) is 5.75 Å². The van der Waals surface area contributed by atoms with E-state index < -0.39 is 0 Å². The monoisotopic (exact) mass is 216 g/mol. The van der Waals surface area contributed by atoms with Gasteiger partial charge in [-0.05, 0) is 37.1 Å². The maximum atomic E-state index is 9.23. The highest BCUT2D eigenvalue weighted by molar-refractivity contribution is 5.38. The highest BCUT2D eigenvalue weighted by Gasteiger charge is 2.29. The first-order valence-electron chi connectivity index (χ1n) is 5.26. The lowest BCUT2D eigenvalue weighted by Crippen LogP contribution is -2.01. The van der Waals surface area contributed by atoms with Gasteiger partial charge in [-0.3, -0.25) is 0 Å². The van der Waals surface area contributed by atoms with Crippen molar-refractivity contribution in [2.75, 3.05) is 5.73 Å². The number of hydrogen-bond acceptors (Lipinski definition) is 4. The molecule has 3 rings (SSSR count). The van der Waals surface area contributed by atoms with Crippen LogP contribution in [0, 0.1) is 0 Å². The molecule has 1 aliphatic carbocycles. The van der Waals surface area contributed by atoms with E-state index in [0.717, 1.165) is 24.4 Å². The van der Waals surface area contributed by atoms with Crippen molar-refractivity contribution in [1.82, 2.24) is 14.8 Å². The van der Waals surface area contributed by atoms with E-state index >= 15 is 0 Å². The maximum absolute atomic E-state index is 9.23. The molecule has 0 radical (unpaired) electrons. The normalized spacial score (nSPS) is 15.2. The quantitative estimate of drug-likeness (QED) is 0.796. The number of phenolic OH excluding ortho intramolecular Hbond substituents is 1. The summed E-state index contributed by atoms with van der Waals surface area (Å²) in [6, 6.07) is 6.86. The Morgan fingerprint density at radius 1 is 1.25 bits per heavy atom. The number of nitrogen functional groups attached to an aromatic ring is 1. The second kappa shape index (κ2) is 3.23. The van der Waals surface area contributed by atoms with Crippen LogP contribution in [0.5, 0.6) is 5.75 Å². The molecule has 0 amide bonds. The predicted octanol–water partition coefficient (Wildman–Crippen LogP) is 1.43. The zero-order valence-electron chi connectivity index (χ0n) is 8.67. The zero-order valence-corrected chi connectivity index (χ0v) is 8.67. The van der Waals surface area contributed by atoms with Crippen LogP contribution in [0.1, 0.15) is 24.6 Å². The number of anilines is 1. The van der Waals surface area contributed by atoms with Gasteiger partial charge in [0.05, 0.1) is 5.69 Å². The third-order valence-corrected chi connectivity index (χ3v) is 2.69. The van der Waals surface area contributed by atoms with Gasteiger partial charge in [0.15, 0.2) is 0 Å². The van der Waals surface area contributed by atoms with Crippen LogP contribution in [0.15, 0.2) is 24.3 Å². The number of rotatable bonds is 2. The van der Waals surface area contributed by atoms with Crippen molar-refractivity contribution in [2.45, 2.75) is 18.8 Å². The molecule has 0 aliphatic heterocycles. The first-order valence-corrected chi connectivity index (χ1v) is 5.26. The van der Waals surface area contributed by atoms with Crippen LogP contribution in [0.3, 0.4) is 0 Å².